The molecule has 6 nitrogen and oxygen atoms in total. The SMILES string of the molecule is COC1CC23OC4C(CCC5C(=O)NC(O)C54)CC2(C)C(C)CCC3C(C)(C)C1=O. The summed E-state index contributed by atoms with van der Waals surface area (Å²) in [6.07, 6.45) is 4.01. The van der Waals surface area contributed by atoms with Gasteiger partial charge in [0.05, 0.1) is 11.7 Å². The lowest BCUT2D eigenvalue weighted by Gasteiger charge is -2.69. The lowest BCUT2D eigenvalue weighted by molar-refractivity contribution is -0.325. The van der Waals surface area contributed by atoms with Gasteiger partial charge < -0.3 is 19.9 Å². The van der Waals surface area contributed by atoms with Crippen LogP contribution in [-0.4, -0.2) is 47.9 Å². The predicted molar refractivity (Wildman–Crippen MR) is 110 cm³/mol. The first kappa shape index (κ1) is 20.9. The molecule has 10 unspecified atom stereocenters. The number of fused-ring (bicyclic) bond motifs is 3. The first-order valence-corrected chi connectivity index (χ1v) is 11.8. The van der Waals surface area contributed by atoms with Crippen LogP contribution in [0, 0.1) is 40.4 Å². The summed E-state index contributed by atoms with van der Waals surface area (Å²) >= 11 is 0. The third-order valence-electron chi connectivity index (χ3n) is 10.3. The molecule has 30 heavy (non-hydrogen) atoms. The molecule has 168 valence electrons. The molecule has 5 rings (SSSR count). The van der Waals surface area contributed by atoms with Crippen molar-refractivity contribution < 1.29 is 24.2 Å². The first-order chi connectivity index (χ1) is 14.1. The molecule has 3 saturated carbocycles. The lowest BCUT2D eigenvalue weighted by Crippen LogP contribution is -2.73. The standard InChI is InChI=1S/C24H37NO5/c1-12-6-9-16-22(2,3)19(26)15(29-5)11-24(16)23(12,4)10-13-7-8-14-17(18(13)30-24)21(28)25-20(14)27/h12-18,21,28H,6-11H2,1-5H3,(H,25,27). The van der Waals surface area contributed by atoms with E-state index in [4.69, 9.17) is 9.47 Å². The number of hydrogen-bond donors (Lipinski definition) is 2. The van der Waals surface area contributed by atoms with Crippen molar-refractivity contribution in [2.24, 2.45) is 40.4 Å². The van der Waals surface area contributed by atoms with Crippen molar-refractivity contribution in [3.8, 4) is 0 Å². The Morgan fingerprint density at radius 1 is 1.10 bits per heavy atom. The molecule has 3 aliphatic carbocycles. The highest BCUT2D eigenvalue weighted by Crippen LogP contribution is 2.68. The Morgan fingerprint density at radius 3 is 2.53 bits per heavy atom. The molecule has 5 fully saturated rings. The molecule has 0 aromatic rings. The topological polar surface area (TPSA) is 84.9 Å². The number of ketones is 1. The number of aliphatic hydroxyl groups excluding tert-OH is 1. The Morgan fingerprint density at radius 2 is 1.83 bits per heavy atom. The van der Waals surface area contributed by atoms with Gasteiger partial charge >= 0.3 is 0 Å². The molecule has 5 aliphatic rings. The summed E-state index contributed by atoms with van der Waals surface area (Å²) in [7, 11) is 1.63. The van der Waals surface area contributed by atoms with Crippen molar-refractivity contribution >= 4 is 11.7 Å². The van der Waals surface area contributed by atoms with E-state index in [-0.39, 0.29) is 41.0 Å². The van der Waals surface area contributed by atoms with Gasteiger partial charge in [0.1, 0.15) is 12.3 Å². The summed E-state index contributed by atoms with van der Waals surface area (Å²) in [5, 5.41) is 13.4. The highest BCUT2D eigenvalue weighted by molar-refractivity contribution is 5.90. The summed E-state index contributed by atoms with van der Waals surface area (Å²) in [4.78, 5) is 25.7. The van der Waals surface area contributed by atoms with Crippen LogP contribution in [0.3, 0.4) is 0 Å². The van der Waals surface area contributed by atoms with Gasteiger partial charge in [-0.05, 0) is 49.4 Å². The highest BCUT2D eigenvalue weighted by atomic mass is 16.5. The van der Waals surface area contributed by atoms with E-state index in [0.717, 1.165) is 32.1 Å². The van der Waals surface area contributed by atoms with Gasteiger partial charge in [-0.15, -0.1) is 0 Å². The van der Waals surface area contributed by atoms with Crippen molar-refractivity contribution in [2.45, 2.75) is 90.3 Å². The molecule has 2 saturated heterocycles. The number of Topliss-reactive ketones (excluding diaryl/α,β-unsaturated/α-hetero) is 1. The number of nitrogens with one attached hydrogen (secondary N) is 1. The van der Waals surface area contributed by atoms with E-state index in [1.165, 1.54) is 0 Å². The maximum absolute atomic E-state index is 13.3. The van der Waals surface area contributed by atoms with Crippen molar-refractivity contribution in [3.05, 3.63) is 0 Å². The molecule has 2 heterocycles. The summed E-state index contributed by atoms with van der Waals surface area (Å²) in [6.45, 7) is 8.85. The molecule has 0 aromatic carbocycles. The van der Waals surface area contributed by atoms with E-state index < -0.39 is 23.3 Å². The van der Waals surface area contributed by atoms with Crippen LogP contribution in [0.2, 0.25) is 0 Å². The Labute approximate surface area is 179 Å². The Kier molecular flexibility index (Phi) is 4.54. The van der Waals surface area contributed by atoms with Crippen molar-refractivity contribution in [2.75, 3.05) is 7.11 Å². The summed E-state index contributed by atoms with van der Waals surface area (Å²) in [5.74, 6) is 0.723. The number of hydrogen-bond acceptors (Lipinski definition) is 5. The van der Waals surface area contributed by atoms with Gasteiger partial charge in [0.25, 0.3) is 0 Å². The Balaban J connectivity index is 1.61. The third kappa shape index (κ3) is 2.42. The summed E-state index contributed by atoms with van der Waals surface area (Å²) < 4.78 is 13.0. The number of amides is 1. The highest BCUT2D eigenvalue weighted by Gasteiger charge is 2.71. The molecule has 1 spiro atoms. The van der Waals surface area contributed by atoms with E-state index in [0.29, 0.717) is 18.3 Å². The van der Waals surface area contributed by atoms with Crippen molar-refractivity contribution in [1.82, 2.24) is 5.32 Å². The second-order valence-electron chi connectivity index (χ2n) is 11.6. The number of rotatable bonds is 1. The van der Waals surface area contributed by atoms with Crippen molar-refractivity contribution in [1.29, 1.82) is 0 Å². The van der Waals surface area contributed by atoms with Crippen LogP contribution in [0.15, 0.2) is 0 Å². The molecular weight excluding hydrogens is 382 g/mol. The van der Waals surface area contributed by atoms with E-state index >= 15 is 0 Å². The molecule has 0 radical (unpaired) electrons. The molecule has 10 atom stereocenters. The average molecular weight is 420 g/mol. The minimum atomic E-state index is -0.841. The van der Waals surface area contributed by atoms with Gasteiger partial charge in [0, 0.05) is 36.7 Å². The second kappa shape index (κ2) is 6.52. The van der Waals surface area contributed by atoms with E-state index in [1.54, 1.807) is 7.11 Å². The fraction of sp³-hybridized carbons (Fsp3) is 0.917. The van der Waals surface area contributed by atoms with Crippen LogP contribution in [0.25, 0.3) is 0 Å². The van der Waals surface area contributed by atoms with E-state index in [2.05, 4.69) is 33.0 Å². The molecule has 2 aliphatic heterocycles. The summed E-state index contributed by atoms with van der Waals surface area (Å²) in [6, 6.07) is 0. The zero-order valence-corrected chi connectivity index (χ0v) is 18.9. The Hall–Kier alpha value is -0.980. The quantitative estimate of drug-likeness (QED) is 0.683. The van der Waals surface area contributed by atoms with Crippen LogP contribution < -0.4 is 5.32 Å². The van der Waals surface area contributed by atoms with Crippen LogP contribution in [-0.2, 0) is 19.1 Å². The number of ether oxygens (including phenoxy) is 2. The minimum absolute atomic E-state index is 0.0390. The maximum atomic E-state index is 13.3. The van der Waals surface area contributed by atoms with Crippen LogP contribution in [0.5, 0.6) is 0 Å². The molecule has 1 amide bonds. The molecule has 2 N–H and O–H groups in total. The Bertz CT molecular complexity index is 767. The zero-order valence-electron chi connectivity index (χ0n) is 18.9. The molecule has 0 aromatic heterocycles. The normalized spacial score (nSPS) is 54.5. The average Bonchev–Trinajstić information content (AvgIpc) is 2.98. The monoisotopic (exact) mass is 419 g/mol. The molecule has 0 bridgehead atoms. The van der Waals surface area contributed by atoms with Gasteiger partial charge in [0.2, 0.25) is 5.91 Å². The third-order valence-corrected chi connectivity index (χ3v) is 10.3. The van der Waals surface area contributed by atoms with Gasteiger partial charge in [0.15, 0.2) is 5.78 Å². The maximum Gasteiger partial charge on any atom is 0.225 e. The van der Waals surface area contributed by atoms with E-state index in [1.807, 2.05) is 0 Å². The van der Waals surface area contributed by atoms with Gasteiger partial charge in [-0.1, -0.05) is 27.7 Å². The number of methoxy groups -OCH3 is 1. The van der Waals surface area contributed by atoms with E-state index in [9.17, 15) is 14.7 Å². The smallest absolute Gasteiger partial charge is 0.225 e. The lowest BCUT2D eigenvalue weighted by atomic mass is 9.42. The fourth-order valence-corrected chi connectivity index (χ4v) is 8.42. The first-order valence-electron chi connectivity index (χ1n) is 11.8. The largest absolute Gasteiger partial charge is 0.374 e. The molecular formula is C24H37NO5. The van der Waals surface area contributed by atoms with Crippen molar-refractivity contribution in [3.63, 3.8) is 0 Å². The van der Waals surface area contributed by atoms with Gasteiger partial charge in [-0.2, -0.15) is 0 Å². The predicted octanol–water partition coefficient (Wildman–Crippen LogP) is 2.67. The molecule has 6 heteroatoms. The second-order valence-corrected chi connectivity index (χ2v) is 11.6. The van der Waals surface area contributed by atoms with Crippen LogP contribution >= 0.6 is 0 Å². The number of aliphatic hydroxyl groups is 1. The van der Waals surface area contributed by atoms with Gasteiger partial charge in [-0.25, -0.2) is 0 Å². The number of carbonyl (C=O) groups excluding carboxylic acids is 2. The van der Waals surface area contributed by atoms with Crippen LogP contribution in [0.4, 0.5) is 0 Å². The summed E-state index contributed by atoms with van der Waals surface area (Å²) in [5.41, 5.74) is -1.06. The number of carbonyl (C=O) groups is 2. The fourth-order valence-electron chi connectivity index (χ4n) is 8.42. The van der Waals surface area contributed by atoms with Crippen LogP contribution in [0.1, 0.15) is 66.2 Å². The minimum Gasteiger partial charge on any atom is -0.374 e. The van der Waals surface area contributed by atoms with Gasteiger partial charge in [-0.3, -0.25) is 9.59 Å². The zero-order chi connectivity index (χ0) is 21.6.